The molecule has 2 atom stereocenters. The van der Waals surface area contributed by atoms with Crippen LogP contribution in [0.2, 0.25) is 0 Å². The number of epoxide rings is 2. The molecular formula is C18H16N2O3. The molecule has 0 amide bonds. The molecule has 0 spiro atoms. The summed E-state index contributed by atoms with van der Waals surface area (Å²) in [5.74, 6) is 0. The lowest BCUT2D eigenvalue weighted by Gasteiger charge is -2.13. The Hall–Kier alpha value is -2.08. The molecule has 2 fully saturated rings. The summed E-state index contributed by atoms with van der Waals surface area (Å²) in [6.45, 7) is 2.78. The molecule has 5 rings (SSSR count). The lowest BCUT2D eigenvalue weighted by molar-refractivity contribution is 0.0671. The largest absolute Gasteiger partial charge is 0.375 e. The predicted molar refractivity (Wildman–Crippen MR) is 84.2 cm³/mol. The van der Waals surface area contributed by atoms with Gasteiger partial charge in [0, 0.05) is 5.56 Å². The van der Waals surface area contributed by atoms with Crippen molar-refractivity contribution in [2.75, 3.05) is 26.4 Å². The molecule has 0 saturated carbocycles. The van der Waals surface area contributed by atoms with Crippen molar-refractivity contribution in [1.29, 1.82) is 0 Å². The number of hydrogen-bond acceptors (Lipinski definition) is 5. The average molecular weight is 308 g/mol. The van der Waals surface area contributed by atoms with E-state index in [1.807, 2.05) is 12.1 Å². The second-order valence-electron chi connectivity index (χ2n) is 6.23. The lowest BCUT2D eigenvalue weighted by Crippen LogP contribution is -2.19. The van der Waals surface area contributed by atoms with Crippen molar-refractivity contribution < 1.29 is 14.2 Å². The molecule has 3 heterocycles. The normalized spacial score (nSPS) is 26.5. The van der Waals surface area contributed by atoms with E-state index in [1.54, 1.807) is 0 Å². The van der Waals surface area contributed by atoms with Crippen LogP contribution in [-0.2, 0) is 19.8 Å². The number of rotatable bonds is 6. The standard InChI is InChI=1S/C18H16N2O3/c1-3-13(18(11-23-18)10-21-8-15-9-22-15)4-2-12(1)16-6-5-14-7-17(16)20-19-14/h1-7,15H,8-11H2. The zero-order valence-electron chi connectivity index (χ0n) is 12.6. The van der Waals surface area contributed by atoms with Gasteiger partial charge < -0.3 is 14.2 Å². The number of nitrogens with zero attached hydrogens (tertiary/aromatic N) is 2. The van der Waals surface area contributed by atoms with Crippen molar-refractivity contribution in [3.8, 4) is 11.1 Å². The summed E-state index contributed by atoms with van der Waals surface area (Å²) < 4.78 is 16.6. The molecule has 0 N–H and O–H groups in total. The van der Waals surface area contributed by atoms with Crippen LogP contribution in [0.25, 0.3) is 11.1 Å². The summed E-state index contributed by atoms with van der Waals surface area (Å²) in [5.41, 5.74) is 4.98. The Bertz CT molecular complexity index is 777. The van der Waals surface area contributed by atoms with Gasteiger partial charge in [-0.05, 0) is 29.3 Å². The summed E-state index contributed by atoms with van der Waals surface area (Å²) >= 11 is 0. The molecular weight excluding hydrogens is 292 g/mol. The third-order valence-corrected chi connectivity index (χ3v) is 4.51. The van der Waals surface area contributed by atoms with Gasteiger partial charge in [0.1, 0.15) is 11.7 Å². The van der Waals surface area contributed by atoms with Gasteiger partial charge in [0.25, 0.3) is 0 Å². The van der Waals surface area contributed by atoms with Crippen LogP contribution in [0.4, 0.5) is 11.4 Å². The maximum Gasteiger partial charge on any atom is 0.140 e. The highest BCUT2D eigenvalue weighted by Crippen LogP contribution is 2.42. The molecule has 5 nitrogen and oxygen atoms in total. The average Bonchev–Trinajstić information content (AvgIpc) is 3.50. The van der Waals surface area contributed by atoms with Crippen LogP contribution in [0, 0.1) is 0 Å². The van der Waals surface area contributed by atoms with Crippen molar-refractivity contribution in [1.82, 2.24) is 0 Å². The third-order valence-electron chi connectivity index (χ3n) is 4.51. The molecule has 2 aromatic rings. The van der Waals surface area contributed by atoms with Crippen LogP contribution in [0.3, 0.4) is 0 Å². The van der Waals surface area contributed by atoms with Crippen molar-refractivity contribution in [2.24, 2.45) is 10.2 Å². The molecule has 23 heavy (non-hydrogen) atoms. The Kier molecular flexibility index (Phi) is 2.88. The summed E-state index contributed by atoms with van der Waals surface area (Å²) in [7, 11) is 0. The molecule has 0 radical (unpaired) electrons. The highest BCUT2D eigenvalue weighted by atomic mass is 16.6. The minimum absolute atomic E-state index is 0.270. The molecule has 2 unspecified atom stereocenters. The molecule has 2 saturated heterocycles. The monoisotopic (exact) mass is 308 g/mol. The Labute approximate surface area is 133 Å². The first kappa shape index (κ1) is 13.4. The van der Waals surface area contributed by atoms with Gasteiger partial charge in [-0.25, -0.2) is 0 Å². The van der Waals surface area contributed by atoms with Crippen LogP contribution in [0.15, 0.2) is 52.7 Å². The van der Waals surface area contributed by atoms with E-state index in [0.717, 1.165) is 34.7 Å². The van der Waals surface area contributed by atoms with Crippen LogP contribution >= 0.6 is 0 Å². The molecule has 5 heteroatoms. The van der Waals surface area contributed by atoms with E-state index in [4.69, 9.17) is 14.2 Å². The zero-order chi connectivity index (χ0) is 15.3. The topological polar surface area (TPSA) is 59.0 Å². The summed E-state index contributed by atoms with van der Waals surface area (Å²) in [4.78, 5) is 0. The van der Waals surface area contributed by atoms with Crippen molar-refractivity contribution >= 4 is 11.4 Å². The fourth-order valence-electron chi connectivity index (χ4n) is 2.91. The Morgan fingerprint density at radius 2 is 1.96 bits per heavy atom. The number of fused-ring (bicyclic) bond motifs is 2. The fraction of sp³-hybridized carbons (Fsp3) is 0.333. The maximum atomic E-state index is 5.72. The maximum absolute atomic E-state index is 5.72. The quantitative estimate of drug-likeness (QED) is 0.652. The Balaban J connectivity index is 1.34. The number of benzene rings is 2. The van der Waals surface area contributed by atoms with E-state index in [2.05, 4.69) is 40.6 Å². The predicted octanol–water partition coefficient (Wildman–Crippen LogP) is 3.72. The third kappa shape index (κ3) is 2.47. The molecule has 2 aromatic carbocycles. The van der Waals surface area contributed by atoms with Crippen molar-refractivity contribution in [3.05, 3.63) is 48.0 Å². The lowest BCUT2D eigenvalue weighted by atomic mass is 9.96. The van der Waals surface area contributed by atoms with Crippen LogP contribution in [0.1, 0.15) is 5.56 Å². The Morgan fingerprint density at radius 3 is 2.70 bits per heavy atom. The van der Waals surface area contributed by atoms with Crippen LogP contribution in [-0.4, -0.2) is 32.5 Å². The van der Waals surface area contributed by atoms with Crippen LogP contribution in [0.5, 0.6) is 0 Å². The van der Waals surface area contributed by atoms with Gasteiger partial charge in [-0.3, -0.25) is 0 Å². The second-order valence-corrected chi connectivity index (χ2v) is 6.23. The van der Waals surface area contributed by atoms with E-state index >= 15 is 0 Å². The van der Waals surface area contributed by atoms with Gasteiger partial charge in [0.05, 0.1) is 37.8 Å². The zero-order valence-corrected chi connectivity index (χ0v) is 12.6. The minimum atomic E-state index is -0.270. The van der Waals surface area contributed by atoms with Gasteiger partial charge in [-0.15, -0.1) is 5.11 Å². The highest BCUT2D eigenvalue weighted by molar-refractivity contribution is 5.79. The SMILES string of the molecule is c1cc(-c2ccc(C3(COCC4CO4)CO3)cc2)c2cc1N=N2. The molecule has 116 valence electrons. The van der Waals surface area contributed by atoms with Gasteiger partial charge in [-0.1, -0.05) is 24.3 Å². The van der Waals surface area contributed by atoms with E-state index in [1.165, 1.54) is 0 Å². The molecule has 3 aliphatic heterocycles. The first-order valence-electron chi connectivity index (χ1n) is 7.82. The van der Waals surface area contributed by atoms with Crippen LogP contribution < -0.4 is 0 Å². The molecule has 3 aliphatic rings. The molecule has 2 bridgehead atoms. The van der Waals surface area contributed by atoms with E-state index in [0.29, 0.717) is 25.9 Å². The Morgan fingerprint density at radius 1 is 1.13 bits per heavy atom. The fourth-order valence-corrected chi connectivity index (χ4v) is 2.91. The summed E-state index contributed by atoms with van der Waals surface area (Å²) in [5, 5.41) is 8.28. The van der Waals surface area contributed by atoms with E-state index in [-0.39, 0.29) is 5.60 Å². The molecule has 0 aromatic heterocycles. The first-order valence-corrected chi connectivity index (χ1v) is 7.82. The van der Waals surface area contributed by atoms with Gasteiger partial charge in [-0.2, -0.15) is 5.11 Å². The summed E-state index contributed by atoms with van der Waals surface area (Å²) in [6, 6.07) is 14.5. The number of hydrogen-bond donors (Lipinski definition) is 0. The van der Waals surface area contributed by atoms with Crippen molar-refractivity contribution in [2.45, 2.75) is 11.7 Å². The van der Waals surface area contributed by atoms with Gasteiger partial charge in [0.2, 0.25) is 0 Å². The van der Waals surface area contributed by atoms with E-state index in [9.17, 15) is 0 Å². The highest BCUT2D eigenvalue weighted by Gasteiger charge is 2.47. The first-order chi connectivity index (χ1) is 11.3. The minimum Gasteiger partial charge on any atom is -0.375 e. The second kappa shape index (κ2) is 4.96. The van der Waals surface area contributed by atoms with Crippen molar-refractivity contribution in [3.63, 3.8) is 0 Å². The number of ether oxygens (including phenoxy) is 3. The van der Waals surface area contributed by atoms with Gasteiger partial charge >= 0.3 is 0 Å². The van der Waals surface area contributed by atoms with Gasteiger partial charge in [0.15, 0.2) is 0 Å². The molecule has 0 aliphatic carbocycles. The smallest absolute Gasteiger partial charge is 0.140 e. The summed E-state index contributed by atoms with van der Waals surface area (Å²) in [6.07, 6.45) is 0.290. The number of azo groups is 1. The van der Waals surface area contributed by atoms with E-state index < -0.39 is 0 Å².